The molecule has 1 aromatic rings. The Bertz CT molecular complexity index is 547. The van der Waals surface area contributed by atoms with E-state index in [1.807, 2.05) is 4.90 Å². The van der Waals surface area contributed by atoms with Gasteiger partial charge in [0.05, 0.1) is 31.2 Å². The van der Waals surface area contributed by atoms with E-state index in [1.165, 1.54) is 13.2 Å². The summed E-state index contributed by atoms with van der Waals surface area (Å²) >= 11 is 0. The second-order valence-electron chi connectivity index (χ2n) is 4.65. The van der Waals surface area contributed by atoms with E-state index in [1.54, 1.807) is 12.1 Å². The molecule has 114 valence electrons. The first kappa shape index (κ1) is 15.0. The van der Waals surface area contributed by atoms with Crippen molar-refractivity contribution in [1.82, 2.24) is 0 Å². The molecular weight excluding hydrogens is 280 g/mol. The van der Waals surface area contributed by atoms with E-state index in [9.17, 15) is 14.9 Å². The van der Waals surface area contributed by atoms with E-state index in [2.05, 4.69) is 0 Å². The van der Waals surface area contributed by atoms with Crippen LogP contribution in [0.2, 0.25) is 0 Å². The van der Waals surface area contributed by atoms with Crippen LogP contribution in [0.5, 0.6) is 5.75 Å². The number of carboxylic acids is 1. The van der Waals surface area contributed by atoms with E-state index in [-0.39, 0.29) is 17.9 Å². The summed E-state index contributed by atoms with van der Waals surface area (Å²) in [5.41, 5.74) is 0.646. The number of benzene rings is 1. The lowest BCUT2D eigenvalue weighted by molar-refractivity contribution is -0.385. The first-order valence-electron chi connectivity index (χ1n) is 6.42. The molecule has 1 fully saturated rings. The van der Waals surface area contributed by atoms with Crippen molar-refractivity contribution in [2.75, 3.05) is 31.7 Å². The van der Waals surface area contributed by atoms with Crippen LogP contribution in [0.25, 0.3) is 0 Å². The Balaban J connectivity index is 2.17. The average molecular weight is 296 g/mol. The van der Waals surface area contributed by atoms with Crippen LogP contribution in [0.3, 0.4) is 0 Å². The Kier molecular flexibility index (Phi) is 4.59. The van der Waals surface area contributed by atoms with E-state index >= 15 is 0 Å². The number of nitro groups is 1. The van der Waals surface area contributed by atoms with Crippen molar-refractivity contribution >= 4 is 17.3 Å². The van der Waals surface area contributed by atoms with Gasteiger partial charge in [-0.15, -0.1) is 0 Å². The van der Waals surface area contributed by atoms with Crippen LogP contribution in [0.15, 0.2) is 18.2 Å². The molecule has 0 aromatic heterocycles. The second kappa shape index (κ2) is 6.40. The minimum absolute atomic E-state index is 0.0688. The number of methoxy groups -OCH3 is 1. The van der Waals surface area contributed by atoms with Gasteiger partial charge in [-0.05, 0) is 6.07 Å². The predicted octanol–water partition coefficient (Wildman–Crippen LogP) is 1.28. The zero-order chi connectivity index (χ0) is 15.4. The van der Waals surface area contributed by atoms with Gasteiger partial charge in [-0.1, -0.05) is 0 Å². The molecule has 1 unspecified atom stereocenters. The quantitative estimate of drug-likeness (QED) is 0.645. The Labute approximate surface area is 121 Å². The van der Waals surface area contributed by atoms with Crippen molar-refractivity contribution < 1.29 is 24.3 Å². The lowest BCUT2D eigenvalue weighted by atomic mass is 10.1. The number of carboxylic acid groups (broad SMARTS) is 1. The molecule has 8 nitrogen and oxygen atoms in total. The van der Waals surface area contributed by atoms with Crippen molar-refractivity contribution in [3.05, 3.63) is 28.3 Å². The zero-order valence-corrected chi connectivity index (χ0v) is 11.5. The maximum Gasteiger partial charge on any atom is 0.311 e. The van der Waals surface area contributed by atoms with Crippen LogP contribution in [0.1, 0.15) is 6.42 Å². The van der Waals surface area contributed by atoms with Gasteiger partial charge in [0.15, 0.2) is 5.75 Å². The van der Waals surface area contributed by atoms with Crippen molar-refractivity contribution in [1.29, 1.82) is 0 Å². The van der Waals surface area contributed by atoms with E-state index in [0.717, 1.165) is 5.69 Å². The number of hydrogen-bond acceptors (Lipinski definition) is 6. The molecule has 1 N–H and O–H groups in total. The molecule has 1 saturated heterocycles. The molecule has 1 heterocycles. The van der Waals surface area contributed by atoms with E-state index < -0.39 is 17.0 Å². The molecule has 1 aromatic carbocycles. The number of morpholine rings is 1. The van der Waals surface area contributed by atoms with Gasteiger partial charge in [-0.2, -0.15) is 0 Å². The summed E-state index contributed by atoms with van der Waals surface area (Å²) in [5.74, 6) is -0.734. The van der Waals surface area contributed by atoms with Gasteiger partial charge >= 0.3 is 11.7 Å². The third-order valence-electron chi connectivity index (χ3n) is 3.27. The maximum absolute atomic E-state index is 10.9. The summed E-state index contributed by atoms with van der Waals surface area (Å²) in [6.07, 6.45) is -0.460. The molecule has 1 aliphatic rings. The standard InChI is InChI=1S/C13H16N2O6/c1-20-12-6-9(2-3-11(12)15(18)19)14-4-5-21-10(8-14)7-13(16)17/h2-3,6,10H,4-5,7-8H2,1H3,(H,16,17). The highest BCUT2D eigenvalue weighted by atomic mass is 16.6. The molecule has 21 heavy (non-hydrogen) atoms. The number of aliphatic carboxylic acids is 1. The number of hydrogen-bond donors (Lipinski definition) is 1. The van der Waals surface area contributed by atoms with Gasteiger partial charge in [-0.25, -0.2) is 0 Å². The topological polar surface area (TPSA) is 102 Å². The maximum atomic E-state index is 10.9. The number of nitro benzene ring substituents is 1. The summed E-state index contributed by atoms with van der Waals surface area (Å²) in [6.45, 7) is 1.43. The largest absolute Gasteiger partial charge is 0.490 e. The molecule has 0 spiro atoms. The molecule has 2 rings (SSSR count). The van der Waals surface area contributed by atoms with Crippen molar-refractivity contribution in [2.45, 2.75) is 12.5 Å². The lowest BCUT2D eigenvalue weighted by Gasteiger charge is -2.34. The van der Waals surface area contributed by atoms with Crippen molar-refractivity contribution in [3.63, 3.8) is 0 Å². The van der Waals surface area contributed by atoms with Crippen LogP contribution in [0.4, 0.5) is 11.4 Å². The summed E-state index contributed by atoms with van der Waals surface area (Å²) in [7, 11) is 1.37. The Hall–Kier alpha value is -2.35. The molecule has 0 amide bonds. The fraction of sp³-hybridized carbons (Fsp3) is 0.462. The Morgan fingerprint density at radius 3 is 3.00 bits per heavy atom. The number of nitrogens with zero attached hydrogens (tertiary/aromatic N) is 2. The molecular formula is C13H16N2O6. The van der Waals surface area contributed by atoms with E-state index in [4.69, 9.17) is 14.6 Å². The van der Waals surface area contributed by atoms with Gasteiger partial charge in [0.25, 0.3) is 0 Å². The Morgan fingerprint density at radius 2 is 2.38 bits per heavy atom. The third-order valence-corrected chi connectivity index (χ3v) is 3.27. The van der Waals surface area contributed by atoms with E-state index in [0.29, 0.717) is 19.7 Å². The van der Waals surface area contributed by atoms with Crippen LogP contribution in [-0.4, -0.2) is 48.9 Å². The van der Waals surface area contributed by atoms with Gasteiger partial charge in [0.1, 0.15) is 0 Å². The smallest absolute Gasteiger partial charge is 0.311 e. The fourth-order valence-electron chi connectivity index (χ4n) is 2.29. The highest BCUT2D eigenvalue weighted by Crippen LogP contribution is 2.32. The van der Waals surface area contributed by atoms with Crippen LogP contribution >= 0.6 is 0 Å². The molecule has 1 aliphatic heterocycles. The molecule has 0 radical (unpaired) electrons. The summed E-state index contributed by atoms with van der Waals surface area (Å²) in [4.78, 5) is 23.0. The first-order valence-corrected chi connectivity index (χ1v) is 6.42. The molecule has 0 saturated carbocycles. The number of rotatable bonds is 5. The van der Waals surface area contributed by atoms with Crippen molar-refractivity contribution in [3.8, 4) is 5.75 Å². The van der Waals surface area contributed by atoms with Gasteiger partial charge in [0.2, 0.25) is 0 Å². The number of carbonyl (C=O) groups is 1. The van der Waals surface area contributed by atoms with Crippen molar-refractivity contribution in [2.24, 2.45) is 0 Å². The highest BCUT2D eigenvalue weighted by molar-refractivity contribution is 5.67. The number of ether oxygens (including phenoxy) is 2. The summed E-state index contributed by atoms with van der Waals surface area (Å²) in [5, 5.41) is 19.7. The first-order chi connectivity index (χ1) is 10.0. The number of anilines is 1. The predicted molar refractivity (Wildman–Crippen MR) is 73.9 cm³/mol. The highest BCUT2D eigenvalue weighted by Gasteiger charge is 2.24. The van der Waals surface area contributed by atoms with Crippen LogP contribution in [0, 0.1) is 10.1 Å². The fourth-order valence-corrected chi connectivity index (χ4v) is 2.29. The minimum atomic E-state index is -0.914. The molecule has 0 aliphatic carbocycles. The summed E-state index contributed by atoms with van der Waals surface area (Å²) in [6, 6.07) is 4.60. The normalized spacial score (nSPS) is 18.3. The van der Waals surface area contributed by atoms with Crippen LogP contribution in [-0.2, 0) is 9.53 Å². The zero-order valence-electron chi connectivity index (χ0n) is 11.5. The van der Waals surface area contributed by atoms with Gasteiger partial charge in [-0.3, -0.25) is 14.9 Å². The molecule has 0 bridgehead atoms. The monoisotopic (exact) mass is 296 g/mol. The average Bonchev–Trinajstić information content (AvgIpc) is 2.46. The van der Waals surface area contributed by atoms with Gasteiger partial charge in [0, 0.05) is 30.9 Å². The third kappa shape index (κ3) is 3.60. The molecule has 1 atom stereocenters. The molecule has 8 heteroatoms. The minimum Gasteiger partial charge on any atom is -0.490 e. The van der Waals surface area contributed by atoms with Gasteiger partial charge < -0.3 is 19.5 Å². The van der Waals surface area contributed by atoms with Crippen LogP contribution < -0.4 is 9.64 Å². The summed E-state index contributed by atoms with van der Waals surface area (Å²) < 4.78 is 10.4. The lowest BCUT2D eigenvalue weighted by Crippen LogP contribution is -2.43. The second-order valence-corrected chi connectivity index (χ2v) is 4.65. The SMILES string of the molecule is COc1cc(N2CCOC(CC(=O)O)C2)ccc1[N+](=O)[O-]. The Morgan fingerprint density at radius 1 is 1.62 bits per heavy atom.